The standard InChI is InChI=1S/C26H17NO.2C2H6/c1-16-5-4-8-24-25-14-18(19-11-17(15-27)12-20(28)13-19)9-10-22(25)21-6-2-3-7-23(21)26(16)24;2*1-2/h2-14,28H,1H3;2*1-2H3. The summed E-state index contributed by atoms with van der Waals surface area (Å²) in [6.07, 6.45) is 0. The molecule has 0 fully saturated rings. The van der Waals surface area contributed by atoms with Crippen molar-refractivity contribution in [3.05, 3.63) is 90.0 Å². The average Bonchev–Trinajstić information content (AvgIpc) is 2.86. The molecule has 0 spiro atoms. The highest BCUT2D eigenvalue weighted by atomic mass is 16.3. The summed E-state index contributed by atoms with van der Waals surface area (Å²) in [6, 6.07) is 28.4. The van der Waals surface area contributed by atoms with Crippen molar-refractivity contribution in [2.24, 2.45) is 0 Å². The predicted molar refractivity (Wildman–Crippen MR) is 138 cm³/mol. The zero-order valence-corrected chi connectivity index (χ0v) is 19.4. The van der Waals surface area contributed by atoms with Crippen molar-refractivity contribution in [3.8, 4) is 22.9 Å². The Morgan fingerprint density at radius 3 is 1.97 bits per heavy atom. The van der Waals surface area contributed by atoms with Gasteiger partial charge in [-0.1, -0.05) is 82.3 Å². The van der Waals surface area contributed by atoms with E-state index in [2.05, 4.69) is 73.7 Å². The Hall–Kier alpha value is -3.83. The lowest BCUT2D eigenvalue weighted by Crippen LogP contribution is -1.87. The smallest absolute Gasteiger partial charge is 0.117 e. The van der Waals surface area contributed by atoms with E-state index in [1.807, 2.05) is 33.8 Å². The summed E-state index contributed by atoms with van der Waals surface area (Å²) in [6.45, 7) is 10.2. The molecular formula is C30H29NO. The van der Waals surface area contributed by atoms with Crippen LogP contribution in [0.1, 0.15) is 38.8 Å². The van der Waals surface area contributed by atoms with E-state index in [4.69, 9.17) is 0 Å². The first kappa shape index (κ1) is 22.8. The molecule has 0 heterocycles. The van der Waals surface area contributed by atoms with Crippen LogP contribution in [0.3, 0.4) is 0 Å². The lowest BCUT2D eigenvalue weighted by Gasteiger charge is -2.14. The molecule has 2 nitrogen and oxygen atoms in total. The van der Waals surface area contributed by atoms with E-state index in [0.29, 0.717) is 5.56 Å². The first-order valence-electron chi connectivity index (χ1n) is 11.2. The topological polar surface area (TPSA) is 44.0 Å². The number of nitrogens with zero attached hydrogens (tertiary/aromatic N) is 1. The minimum atomic E-state index is 0.105. The summed E-state index contributed by atoms with van der Waals surface area (Å²) in [5, 5.41) is 26.6. The number of aryl methyl sites for hydroxylation is 1. The van der Waals surface area contributed by atoms with Gasteiger partial charge in [0.2, 0.25) is 0 Å². The Balaban J connectivity index is 0.000000686. The molecule has 0 saturated carbocycles. The van der Waals surface area contributed by atoms with Gasteiger partial charge < -0.3 is 5.11 Å². The summed E-state index contributed by atoms with van der Waals surface area (Å²) >= 11 is 0. The van der Waals surface area contributed by atoms with Gasteiger partial charge in [-0.3, -0.25) is 0 Å². The molecule has 0 atom stereocenters. The Bertz CT molecular complexity index is 1440. The summed E-state index contributed by atoms with van der Waals surface area (Å²) < 4.78 is 0. The molecule has 0 radical (unpaired) electrons. The number of hydrogen-bond acceptors (Lipinski definition) is 2. The molecule has 0 amide bonds. The van der Waals surface area contributed by atoms with Crippen molar-refractivity contribution < 1.29 is 5.11 Å². The largest absolute Gasteiger partial charge is 0.508 e. The molecule has 0 aliphatic heterocycles. The molecule has 0 aliphatic carbocycles. The summed E-state index contributed by atoms with van der Waals surface area (Å²) in [5.41, 5.74) is 3.53. The number of hydrogen-bond donors (Lipinski definition) is 1. The molecule has 5 rings (SSSR count). The molecule has 0 saturated heterocycles. The number of phenols is 1. The number of benzene rings is 5. The molecule has 0 aromatic heterocycles. The lowest BCUT2D eigenvalue weighted by atomic mass is 9.90. The lowest BCUT2D eigenvalue weighted by molar-refractivity contribution is 0.475. The molecule has 0 aliphatic rings. The maximum Gasteiger partial charge on any atom is 0.117 e. The number of phenolic OH excluding ortho intramolecular Hbond substituents is 1. The van der Waals surface area contributed by atoms with Crippen LogP contribution in [0, 0.1) is 18.3 Å². The van der Waals surface area contributed by atoms with E-state index in [0.717, 1.165) is 11.1 Å². The van der Waals surface area contributed by atoms with Crippen LogP contribution < -0.4 is 0 Å². The molecule has 1 N–H and O–H groups in total. The monoisotopic (exact) mass is 419 g/mol. The zero-order chi connectivity index (χ0) is 23.3. The number of nitriles is 1. The van der Waals surface area contributed by atoms with Crippen molar-refractivity contribution in [2.75, 3.05) is 0 Å². The van der Waals surface area contributed by atoms with Crippen LogP contribution in [0.5, 0.6) is 5.75 Å². The maximum absolute atomic E-state index is 10.00. The van der Waals surface area contributed by atoms with E-state index in [9.17, 15) is 10.4 Å². The second-order valence-corrected chi connectivity index (χ2v) is 7.18. The van der Waals surface area contributed by atoms with E-state index in [-0.39, 0.29) is 5.75 Å². The predicted octanol–water partition coefficient (Wildman–Crippen LogP) is 8.75. The van der Waals surface area contributed by atoms with Crippen LogP contribution in [-0.4, -0.2) is 5.11 Å². The van der Waals surface area contributed by atoms with Gasteiger partial charge in [-0.2, -0.15) is 5.26 Å². The van der Waals surface area contributed by atoms with Crippen molar-refractivity contribution in [2.45, 2.75) is 34.6 Å². The van der Waals surface area contributed by atoms with Crippen LogP contribution in [0.15, 0.2) is 78.9 Å². The third kappa shape index (κ3) is 4.03. The highest BCUT2D eigenvalue weighted by molar-refractivity contribution is 6.26. The second kappa shape index (κ2) is 9.98. The molecule has 0 unspecified atom stereocenters. The quantitative estimate of drug-likeness (QED) is 0.276. The fourth-order valence-corrected chi connectivity index (χ4v) is 4.21. The molecule has 160 valence electrons. The van der Waals surface area contributed by atoms with Gasteiger partial charge in [-0.15, -0.1) is 0 Å². The molecule has 0 bridgehead atoms. The van der Waals surface area contributed by atoms with Gasteiger partial charge in [-0.25, -0.2) is 0 Å². The SMILES string of the molecule is CC.CC.Cc1cccc2c3cc(-c4cc(O)cc(C#N)c4)ccc3c3ccccc3c12. The van der Waals surface area contributed by atoms with Crippen LogP contribution in [0.25, 0.3) is 43.4 Å². The first-order valence-corrected chi connectivity index (χ1v) is 11.2. The molecule has 32 heavy (non-hydrogen) atoms. The molecule has 5 aromatic carbocycles. The summed E-state index contributed by atoms with van der Waals surface area (Å²) in [5.74, 6) is 0.105. The van der Waals surface area contributed by atoms with Gasteiger partial charge in [0.25, 0.3) is 0 Å². The summed E-state index contributed by atoms with van der Waals surface area (Å²) in [4.78, 5) is 0. The van der Waals surface area contributed by atoms with Gasteiger partial charge in [0.1, 0.15) is 5.75 Å². The number of aromatic hydroxyl groups is 1. The second-order valence-electron chi connectivity index (χ2n) is 7.18. The Morgan fingerprint density at radius 2 is 1.25 bits per heavy atom. The number of rotatable bonds is 1. The Labute approximate surface area is 190 Å². The van der Waals surface area contributed by atoms with Crippen molar-refractivity contribution in [3.63, 3.8) is 0 Å². The minimum absolute atomic E-state index is 0.105. The van der Waals surface area contributed by atoms with Crippen molar-refractivity contribution in [1.82, 2.24) is 0 Å². The van der Waals surface area contributed by atoms with E-state index >= 15 is 0 Å². The first-order chi connectivity index (χ1) is 15.7. The molecule has 2 heteroatoms. The van der Waals surface area contributed by atoms with Gasteiger partial charge >= 0.3 is 0 Å². The fourth-order valence-electron chi connectivity index (χ4n) is 4.21. The van der Waals surface area contributed by atoms with Crippen LogP contribution in [0.2, 0.25) is 0 Å². The van der Waals surface area contributed by atoms with E-state index in [1.165, 1.54) is 43.9 Å². The van der Waals surface area contributed by atoms with Gasteiger partial charge in [0.15, 0.2) is 0 Å². The van der Waals surface area contributed by atoms with Crippen LogP contribution in [-0.2, 0) is 0 Å². The highest BCUT2D eigenvalue weighted by Crippen LogP contribution is 2.38. The highest BCUT2D eigenvalue weighted by Gasteiger charge is 2.11. The number of fused-ring (bicyclic) bond motifs is 6. The van der Waals surface area contributed by atoms with Crippen molar-refractivity contribution >= 4 is 32.3 Å². The van der Waals surface area contributed by atoms with E-state index in [1.54, 1.807) is 6.07 Å². The fraction of sp³-hybridized carbons (Fsp3) is 0.167. The summed E-state index contributed by atoms with van der Waals surface area (Å²) in [7, 11) is 0. The van der Waals surface area contributed by atoms with Gasteiger partial charge in [0.05, 0.1) is 11.6 Å². The molecule has 5 aromatic rings. The van der Waals surface area contributed by atoms with Gasteiger partial charge in [0, 0.05) is 0 Å². The zero-order valence-electron chi connectivity index (χ0n) is 19.4. The third-order valence-corrected chi connectivity index (χ3v) is 5.45. The maximum atomic E-state index is 10.00. The van der Waals surface area contributed by atoms with Crippen molar-refractivity contribution in [1.29, 1.82) is 5.26 Å². The Kier molecular flexibility index (Phi) is 7.13. The van der Waals surface area contributed by atoms with Crippen LogP contribution in [0.4, 0.5) is 0 Å². The minimum Gasteiger partial charge on any atom is -0.508 e. The van der Waals surface area contributed by atoms with E-state index < -0.39 is 0 Å². The van der Waals surface area contributed by atoms with Crippen LogP contribution >= 0.6 is 0 Å². The normalized spacial score (nSPS) is 10.1. The van der Waals surface area contributed by atoms with Gasteiger partial charge in [-0.05, 0) is 80.2 Å². The third-order valence-electron chi connectivity index (χ3n) is 5.45. The average molecular weight is 420 g/mol. The Morgan fingerprint density at radius 1 is 0.625 bits per heavy atom. The molecular weight excluding hydrogens is 390 g/mol.